The normalized spacial score (nSPS) is 15.8. The molecule has 0 aliphatic carbocycles. The Labute approximate surface area is 175 Å². The highest BCUT2D eigenvalue weighted by Crippen LogP contribution is 2.23. The van der Waals surface area contributed by atoms with Crippen molar-refractivity contribution in [3.05, 3.63) is 65.8 Å². The van der Waals surface area contributed by atoms with Crippen LogP contribution in [0.3, 0.4) is 0 Å². The molecule has 1 aromatic carbocycles. The zero-order valence-electron chi connectivity index (χ0n) is 16.5. The maximum absolute atomic E-state index is 12.6. The van der Waals surface area contributed by atoms with E-state index in [0.29, 0.717) is 5.69 Å². The van der Waals surface area contributed by atoms with Gasteiger partial charge in [0.15, 0.2) is 0 Å². The Kier molecular flexibility index (Phi) is 6.17. The van der Waals surface area contributed by atoms with E-state index in [1.54, 1.807) is 0 Å². The number of pyridine rings is 1. The second kappa shape index (κ2) is 9.15. The third kappa shape index (κ3) is 4.99. The number of nitrogens with one attached hydrogen (secondary N) is 1. The largest absolute Gasteiger partial charge is 0.354 e. The van der Waals surface area contributed by atoms with E-state index in [1.165, 1.54) is 11.3 Å². The summed E-state index contributed by atoms with van der Waals surface area (Å²) in [7, 11) is 0. The summed E-state index contributed by atoms with van der Waals surface area (Å²) >= 11 is 1.50. The highest BCUT2D eigenvalue weighted by molar-refractivity contribution is 7.13. The van der Waals surface area contributed by atoms with Gasteiger partial charge in [-0.15, -0.1) is 11.3 Å². The molecule has 0 saturated carbocycles. The summed E-state index contributed by atoms with van der Waals surface area (Å²) in [6.07, 6.45) is 1.83. The fraction of sp³-hybridized carbons (Fsp3) is 0.318. The van der Waals surface area contributed by atoms with Gasteiger partial charge in [-0.2, -0.15) is 0 Å². The van der Waals surface area contributed by atoms with Crippen molar-refractivity contribution in [1.82, 2.24) is 20.2 Å². The van der Waals surface area contributed by atoms with Gasteiger partial charge in [0, 0.05) is 55.9 Å². The van der Waals surface area contributed by atoms with Crippen LogP contribution in [-0.4, -0.2) is 59.5 Å². The first-order chi connectivity index (χ1) is 14.2. The van der Waals surface area contributed by atoms with Gasteiger partial charge in [0.05, 0.1) is 0 Å². The number of amides is 1. The Bertz CT molecular complexity index is 923. The molecular formula is C22H25N5OS. The Morgan fingerprint density at radius 1 is 1.10 bits per heavy atom. The maximum atomic E-state index is 12.6. The molecule has 6 nitrogen and oxygen atoms in total. The molecule has 1 aliphatic rings. The van der Waals surface area contributed by atoms with Gasteiger partial charge < -0.3 is 10.2 Å². The summed E-state index contributed by atoms with van der Waals surface area (Å²) in [6.45, 7) is 6.71. The molecule has 0 radical (unpaired) electrons. The van der Waals surface area contributed by atoms with E-state index in [0.717, 1.165) is 49.1 Å². The molecule has 150 valence electrons. The van der Waals surface area contributed by atoms with E-state index in [9.17, 15) is 4.79 Å². The van der Waals surface area contributed by atoms with E-state index in [-0.39, 0.29) is 11.9 Å². The molecule has 1 fully saturated rings. The van der Waals surface area contributed by atoms with Gasteiger partial charge in [0.2, 0.25) is 0 Å². The Balaban J connectivity index is 1.26. The Hall–Kier alpha value is -2.77. The number of anilines is 1. The minimum Gasteiger partial charge on any atom is -0.354 e. The molecule has 1 unspecified atom stereocenters. The minimum absolute atomic E-state index is 0.0609. The lowest BCUT2D eigenvalue weighted by Crippen LogP contribution is -2.51. The number of benzene rings is 1. The minimum atomic E-state index is -0.108. The van der Waals surface area contributed by atoms with Crippen LogP contribution < -0.4 is 10.2 Å². The van der Waals surface area contributed by atoms with Crippen molar-refractivity contribution in [2.45, 2.75) is 13.0 Å². The molecule has 29 heavy (non-hydrogen) atoms. The van der Waals surface area contributed by atoms with Crippen LogP contribution in [0.5, 0.6) is 0 Å². The molecule has 1 saturated heterocycles. The van der Waals surface area contributed by atoms with Gasteiger partial charge in [0.1, 0.15) is 16.5 Å². The van der Waals surface area contributed by atoms with Crippen LogP contribution in [0.25, 0.3) is 10.6 Å². The van der Waals surface area contributed by atoms with Crippen molar-refractivity contribution in [3.8, 4) is 10.6 Å². The first-order valence-electron chi connectivity index (χ1n) is 9.89. The first-order valence-corrected chi connectivity index (χ1v) is 10.8. The van der Waals surface area contributed by atoms with Crippen molar-refractivity contribution < 1.29 is 4.79 Å². The second-order valence-electron chi connectivity index (χ2n) is 7.25. The molecule has 1 aliphatic heterocycles. The molecule has 7 heteroatoms. The van der Waals surface area contributed by atoms with Crippen molar-refractivity contribution in [1.29, 1.82) is 0 Å². The standard InChI is InChI=1S/C22H25N5OS/c1-17(15-26-11-13-27(14-12-26)20-9-5-6-10-23-20)24-21(28)19-16-29-22(25-19)18-7-3-2-4-8-18/h2-10,16-17H,11-15H2,1H3,(H,24,28). The van der Waals surface area contributed by atoms with Gasteiger partial charge in [-0.05, 0) is 19.1 Å². The molecule has 2 aromatic heterocycles. The number of piperazine rings is 1. The van der Waals surface area contributed by atoms with Crippen LogP contribution in [0.2, 0.25) is 0 Å². The highest BCUT2D eigenvalue weighted by Gasteiger charge is 2.21. The summed E-state index contributed by atoms with van der Waals surface area (Å²) in [5.74, 6) is 0.925. The molecule has 3 aromatic rings. The van der Waals surface area contributed by atoms with Crippen LogP contribution in [0.4, 0.5) is 5.82 Å². The van der Waals surface area contributed by atoms with Crippen LogP contribution in [0, 0.1) is 0 Å². The monoisotopic (exact) mass is 407 g/mol. The van der Waals surface area contributed by atoms with E-state index in [1.807, 2.05) is 61.0 Å². The van der Waals surface area contributed by atoms with E-state index in [2.05, 4.69) is 31.2 Å². The van der Waals surface area contributed by atoms with Crippen LogP contribution in [-0.2, 0) is 0 Å². The number of carbonyl (C=O) groups excluding carboxylic acids is 1. The van der Waals surface area contributed by atoms with Crippen LogP contribution in [0.1, 0.15) is 17.4 Å². The lowest BCUT2D eigenvalue weighted by molar-refractivity contribution is 0.0924. The van der Waals surface area contributed by atoms with Crippen molar-refractivity contribution >= 4 is 23.1 Å². The Morgan fingerprint density at radius 2 is 1.86 bits per heavy atom. The summed E-state index contributed by atoms with van der Waals surface area (Å²) in [5, 5.41) is 5.79. The zero-order valence-corrected chi connectivity index (χ0v) is 17.3. The van der Waals surface area contributed by atoms with Crippen LogP contribution in [0.15, 0.2) is 60.1 Å². The number of rotatable bonds is 6. The van der Waals surface area contributed by atoms with Crippen molar-refractivity contribution in [2.75, 3.05) is 37.6 Å². The predicted octanol–water partition coefficient (Wildman–Crippen LogP) is 3.15. The molecule has 4 rings (SSSR count). The number of nitrogens with zero attached hydrogens (tertiary/aromatic N) is 4. The van der Waals surface area contributed by atoms with E-state index < -0.39 is 0 Å². The van der Waals surface area contributed by atoms with E-state index >= 15 is 0 Å². The summed E-state index contributed by atoms with van der Waals surface area (Å²) < 4.78 is 0. The quantitative estimate of drug-likeness (QED) is 0.680. The lowest BCUT2D eigenvalue weighted by Gasteiger charge is -2.36. The smallest absolute Gasteiger partial charge is 0.271 e. The average Bonchev–Trinajstić information content (AvgIpc) is 3.26. The number of hydrogen-bond donors (Lipinski definition) is 1. The van der Waals surface area contributed by atoms with Gasteiger partial charge in [-0.3, -0.25) is 9.69 Å². The zero-order chi connectivity index (χ0) is 20.1. The number of aromatic nitrogens is 2. The number of hydrogen-bond acceptors (Lipinski definition) is 6. The number of carbonyl (C=O) groups is 1. The summed E-state index contributed by atoms with van der Waals surface area (Å²) in [6, 6.07) is 16.0. The van der Waals surface area contributed by atoms with Crippen molar-refractivity contribution in [3.63, 3.8) is 0 Å². The molecule has 0 bridgehead atoms. The molecule has 3 heterocycles. The predicted molar refractivity (Wildman–Crippen MR) is 117 cm³/mol. The van der Waals surface area contributed by atoms with Crippen LogP contribution >= 0.6 is 11.3 Å². The highest BCUT2D eigenvalue weighted by atomic mass is 32.1. The summed E-state index contributed by atoms with van der Waals surface area (Å²) in [5.41, 5.74) is 1.52. The third-order valence-corrected chi connectivity index (χ3v) is 5.90. The third-order valence-electron chi connectivity index (χ3n) is 5.01. The van der Waals surface area contributed by atoms with E-state index in [4.69, 9.17) is 0 Å². The number of thiazole rings is 1. The second-order valence-corrected chi connectivity index (χ2v) is 8.11. The summed E-state index contributed by atoms with van der Waals surface area (Å²) in [4.78, 5) is 26.2. The SMILES string of the molecule is CC(CN1CCN(c2ccccn2)CC1)NC(=O)c1csc(-c2ccccc2)n1. The fourth-order valence-electron chi connectivity index (χ4n) is 3.52. The average molecular weight is 408 g/mol. The van der Waals surface area contributed by atoms with Gasteiger partial charge in [-0.25, -0.2) is 9.97 Å². The lowest BCUT2D eigenvalue weighted by atomic mass is 10.2. The van der Waals surface area contributed by atoms with Gasteiger partial charge >= 0.3 is 0 Å². The molecule has 1 atom stereocenters. The fourth-order valence-corrected chi connectivity index (χ4v) is 4.33. The van der Waals surface area contributed by atoms with Crippen molar-refractivity contribution in [2.24, 2.45) is 0 Å². The maximum Gasteiger partial charge on any atom is 0.271 e. The molecule has 0 spiro atoms. The Morgan fingerprint density at radius 3 is 2.59 bits per heavy atom. The van der Waals surface area contributed by atoms with Gasteiger partial charge in [0.25, 0.3) is 5.91 Å². The molecular weight excluding hydrogens is 382 g/mol. The molecule has 1 amide bonds. The van der Waals surface area contributed by atoms with Gasteiger partial charge in [-0.1, -0.05) is 36.4 Å². The molecule has 1 N–H and O–H groups in total. The topological polar surface area (TPSA) is 61.4 Å². The first kappa shape index (κ1) is 19.5.